The summed E-state index contributed by atoms with van der Waals surface area (Å²) in [6, 6.07) is 14.7. The molecule has 0 saturated carbocycles. The molecule has 0 aliphatic heterocycles. The topological polar surface area (TPSA) is 12.0 Å². The van der Waals surface area contributed by atoms with Crippen LogP contribution in [0.4, 0.5) is 4.39 Å². The van der Waals surface area contributed by atoms with Crippen molar-refractivity contribution in [3.63, 3.8) is 0 Å². The Kier molecular flexibility index (Phi) is 4.94. The van der Waals surface area contributed by atoms with Gasteiger partial charge in [0, 0.05) is 17.6 Å². The largest absolute Gasteiger partial charge is 0.306 e. The summed E-state index contributed by atoms with van der Waals surface area (Å²) in [6.07, 6.45) is 0.974. The van der Waals surface area contributed by atoms with E-state index < -0.39 is 0 Å². The first-order valence-corrected chi connectivity index (χ1v) is 6.80. The van der Waals surface area contributed by atoms with E-state index in [0.717, 1.165) is 17.0 Å². The summed E-state index contributed by atoms with van der Waals surface area (Å²) in [6.45, 7) is 2.84. The molecule has 0 radical (unpaired) electrons. The van der Waals surface area contributed by atoms with E-state index in [1.54, 1.807) is 12.1 Å². The quantitative estimate of drug-likeness (QED) is 0.834. The first-order valence-electron chi connectivity index (χ1n) is 6.42. The number of benzene rings is 2. The van der Waals surface area contributed by atoms with E-state index in [-0.39, 0.29) is 11.9 Å². The smallest absolute Gasteiger partial charge is 0.123 e. The van der Waals surface area contributed by atoms with Crippen LogP contribution in [0.5, 0.6) is 0 Å². The summed E-state index contributed by atoms with van der Waals surface area (Å²) in [5, 5.41) is 4.22. The average molecular weight is 278 g/mol. The van der Waals surface area contributed by atoms with Crippen LogP contribution in [-0.4, -0.2) is 0 Å². The molecular formula is C16H17ClFN. The van der Waals surface area contributed by atoms with Gasteiger partial charge in [-0.05, 0) is 41.8 Å². The Bertz CT molecular complexity index is 525. The zero-order valence-corrected chi connectivity index (χ0v) is 11.6. The molecular weight excluding hydrogens is 261 g/mol. The first kappa shape index (κ1) is 14.0. The molecule has 1 unspecified atom stereocenters. The second-order valence-corrected chi connectivity index (χ2v) is 4.96. The third-order valence-electron chi connectivity index (χ3n) is 3.13. The molecule has 3 heteroatoms. The summed E-state index contributed by atoms with van der Waals surface area (Å²) in [5.41, 5.74) is 2.25. The van der Waals surface area contributed by atoms with Gasteiger partial charge < -0.3 is 5.32 Å². The Balaban J connectivity index is 2.01. The Labute approximate surface area is 118 Å². The standard InChI is InChI=1S/C16H17ClFN/c1-2-16(13-4-3-5-14(17)10-13)19-11-12-6-8-15(18)9-7-12/h3-10,16,19H,2,11H2,1H3. The highest BCUT2D eigenvalue weighted by molar-refractivity contribution is 6.30. The van der Waals surface area contributed by atoms with E-state index in [9.17, 15) is 4.39 Å². The van der Waals surface area contributed by atoms with Crippen molar-refractivity contribution in [3.8, 4) is 0 Å². The monoisotopic (exact) mass is 277 g/mol. The van der Waals surface area contributed by atoms with Crippen LogP contribution < -0.4 is 5.32 Å². The van der Waals surface area contributed by atoms with Gasteiger partial charge in [-0.15, -0.1) is 0 Å². The van der Waals surface area contributed by atoms with Crippen molar-refractivity contribution in [2.75, 3.05) is 0 Å². The number of nitrogens with one attached hydrogen (secondary N) is 1. The molecule has 0 aliphatic carbocycles. The number of hydrogen-bond acceptors (Lipinski definition) is 1. The second kappa shape index (κ2) is 6.69. The van der Waals surface area contributed by atoms with Gasteiger partial charge in [0.2, 0.25) is 0 Å². The molecule has 0 fully saturated rings. The van der Waals surface area contributed by atoms with E-state index in [1.807, 2.05) is 18.2 Å². The molecule has 0 heterocycles. The zero-order chi connectivity index (χ0) is 13.7. The number of halogens is 2. The summed E-state index contributed by atoms with van der Waals surface area (Å²) >= 11 is 6.01. The lowest BCUT2D eigenvalue weighted by Crippen LogP contribution is -2.20. The van der Waals surface area contributed by atoms with Crippen LogP contribution in [0.1, 0.15) is 30.5 Å². The predicted octanol–water partition coefficient (Wildman–Crippen LogP) is 4.72. The maximum absolute atomic E-state index is 12.8. The summed E-state index contributed by atoms with van der Waals surface area (Å²) in [5.74, 6) is -0.203. The molecule has 0 amide bonds. The van der Waals surface area contributed by atoms with Gasteiger partial charge in [-0.1, -0.05) is 42.8 Å². The number of hydrogen-bond donors (Lipinski definition) is 1. The van der Waals surface area contributed by atoms with Gasteiger partial charge in [0.05, 0.1) is 0 Å². The van der Waals surface area contributed by atoms with Gasteiger partial charge in [0.15, 0.2) is 0 Å². The summed E-state index contributed by atoms with van der Waals surface area (Å²) < 4.78 is 12.8. The van der Waals surface area contributed by atoms with Crippen LogP contribution in [0.3, 0.4) is 0 Å². The van der Waals surface area contributed by atoms with E-state index in [1.165, 1.54) is 17.7 Å². The SMILES string of the molecule is CCC(NCc1ccc(F)cc1)c1cccc(Cl)c1. The zero-order valence-electron chi connectivity index (χ0n) is 10.9. The minimum atomic E-state index is -0.203. The van der Waals surface area contributed by atoms with Gasteiger partial charge in [-0.25, -0.2) is 4.39 Å². The van der Waals surface area contributed by atoms with Gasteiger partial charge in [0.25, 0.3) is 0 Å². The fourth-order valence-electron chi connectivity index (χ4n) is 2.06. The van der Waals surface area contributed by atoms with Gasteiger partial charge >= 0.3 is 0 Å². The first-order chi connectivity index (χ1) is 9.19. The minimum Gasteiger partial charge on any atom is -0.306 e. The normalized spacial score (nSPS) is 12.4. The maximum atomic E-state index is 12.8. The highest BCUT2D eigenvalue weighted by Gasteiger charge is 2.08. The van der Waals surface area contributed by atoms with Crippen LogP contribution in [0, 0.1) is 5.82 Å². The fourth-order valence-corrected chi connectivity index (χ4v) is 2.26. The van der Waals surface area contributed by atoms with Gasteiger partial charge in [-0.3, -0.25) is 0 Å². The van der Waals surface area contributed by atoms with Crippen molar-refractivity contribution in [3.05, 3.63) is 70.5 Å². The molecule has 100 valence electrons. The van der Waals surface area contributed by atoms with Crippen molar-refractivity contribution >= 4 is 11.6 Å². The molecule has 0 bridgehead atoms. The molecule has 19 heavy (non-hydrogen) atoms. The Morgan fingerprint density at radius 1 is 1.16 bits per heavy atom. The Morgan fingerprint density at radius 3 is 2.53 bits per heavy atom. The highest BCUT2D eigenvalue weighted by Crippen LogP contribution is 2.20. The molecule has 0 aliphatic rings. The molecule has 1 nitrogen and oxygen atoms in total. The summed E-state index contributed by atoms with van der Waals surface area (Å²) in [4.78, 5) is 0. The van der Waals surface area contributed by atoms with E-state index in [4.69, 9.17) is 11.6 Å². The third kappa shape index (κ3) is 4.05. The van der Waals surface area contributed by atoms with Gasteiger partial charge in [-0.2, -0.15) is 0 Å². The van der Waals surface area contributed by atoms with E-state index >= 15 is 0 Å². The minimum absolute atomic E-state index is 0.203. The van der Waals surface area contributed by atoms with Crippen LogP contribution in [0.15, 0.2) is 48.5 Å². The molecule has 2 aromatic rings. The van der Waals surface area contributed by atoms with Crippen molar-refractivity contribution in [1.82, 2.24) is 5.32 Å². The van der Waals surface area contributed by atoms with Crippen LogP contribution in [0.25, 0.3) is 0 Å². The number of rotatable bonds is 5. The van der Waals surface area contributed by atoms with Crippen LogP contribution >= 0.6 is 11.6 Å². The molecule has 1 N–H and O–H groups in total. The molecule has 0 saturated heterocycles. The van der Waals surface area contributed by atoms with Crippen molar-refractivity contribution in [2.45, 2.75) is 25.9 Å². The average Bonchev–Trinajstić information content (AvgIpc) is 2.42. The van der Waals surface area contributed by atoms with Crippen molar-refractivity contribution < 1.29 is 4.39 Å². The van der Waals surface area contributed by atoms with E-state index in [2.05, 4.69) is 18.3 Å². The van der Waals surface area contributed by atoms with Crippen LogP contribution in [0.2, 0.25) is 5.02 Å². The molecule has 0 spiro atoms. The lowest BCUT2D eigenvalue weighted by atomic mass is 10.0. The molecule has 1 atom stereocenters. The lowest BCUT2D eigenvalue weighted by Gasteiger charge is -2.17. The third-order valence-corrected chi connectivity index (χ3v) is 3.36. The van der Waals surface area contributed by atoms with E-state index in [0.29, 0.717) is 6.54 Å². The van der Waals surface area contributed by atoms with Crippen molar-refractivity contribution in [1.29, 1.82) is 0 Å². The molecule has 2 rings (SSSR count). The molecule has 0 aromatic heterocycles. The fraction of sp³-hybridized carbons (Fsp3) is 0.250. The highest BCUT2D eigenvalue weighted by atomic mass is 35.5. The Hall–Kier alpha value is -1.38. The van der Waals surface area contributed by atoms with Crippen LogP contribution in [-0.2, 0) is 6.54 Å². The van der Waals surface area contributed by atoms with Gasteiger partial charge in [0.1, 0.15) is 5.82 Å². The maximum Gasteiger partial charge on any atom is 0.123 e. The summed E-state index contributed by atoms with van der Waals surface area (Å²) in [7, 11) is 0. The second-order valence-electron chi connectivity index (χ2n) is 4.52. The predicted molar refractivity (Wildman–Crippen MR) is 77.7 cm³/mol. The lowest BCUT2D eigenvalue weighted by molar-refractivity contribution is 0.518. The Morgan fingerprint density at radius 2 is 1.89 bits per heavy atom. The molecule has 2 aromatic carbocycles. The van der Waals surface area contributed by atoms with Crippen molar-refractivity contribution in [2.24, 2.45) is 0 Å².